The van der Waals surface area contributed by atoms with Crippen LogP contribution < -0.4 is 0 Å². The molecule has 0 spiro atoms. The van der Waals surface area contributed by atoms with Crippen molar-refractivity contribution in [2.75, 3.05) is 0 Å². The summed E-state index contributed by atoms with van der Waals surface area (Å²) in [5.74, 6) is -0.687. The van der Waals surface area contributed by atoms with Gasteiger partial charge in [0.1, 0.15) is 0 Å². The molecule has 0 saturated carbocycles. The van der Waals surface area contributed by atoms with Gasteiger partial charge in [0.25, 0.3) is 0 Å². The van der Waals surface area contributed by atoms with Crippen LogP contribution in [0.1, 0.15) is 6.42 Å². The third-order valence-corrected chi connectivity index (χ3v) is 4.48. The van der Waals surface area contributed by atoms with Crippen molar-refractivity contribution in [3.05, 3.63) is 9.86 Å². The van der Waals surface area contributed by atoms with Crippen LogP contribution in [0, 0.1) is 0 Å². The van der Waals surface area contributed by atoms with E-state index in [1.165, 1.54) is 3.21 Å². The first-order valence-electron chi connectivity index (χ1n) is 2.24. The molecule has 3 heteroatoms. The summed E-state index contributed by atoms with van der Waals surface area (Å²) in [6, 6.07) is 0. The molecule has 0 saturated heterocycles. The van der Waals surface area contributed by atoms with E-state index in [9.17, 15) is 4.79 Å². The summed E-state index contributed by atoms with van der Waals surface area (Å²) in [6.07, 6.45) is 2.23. The maximum absolute atomic E-state index is 9.98. The normalized spacial score (nSPS) is 14.8. The summed E-state index contributed by atoms with van der Waals surface area (Å²) in [7, 11) is 0. The molecule has 0 bridgehead atoms. The van der Waals surface area contributed by atoms with E-state index in [0.717, 1.165) is 0 Å². The van der Waals surface area contributed by atoms with E-state index in [1.54, 1.807) is 0 Å². The van der Waals surface area contributed by atoms with Crippen LogP contribution in [0.15, 0.2) is 9.86 Å². The second kappa shape index (κ2) is 2.49. The Balaban J connectivity index is 2.31. The molecule has 0 fully saturated rings. The summed E-state index contributed by atoms with van der Waals surface area (Å²) in [6.45, 7) is 0. The Bertz CT molecular complexity index is 169. The molecule has 0 aromatic heterocycles. The van der Waals surface area contributed by atoms with Crippen molar-refractivity contribution in [2.24, 2.45) is 0 Å². The Kier molecular flexibility index (Phi) is 1.90. The molecule has 0 aromatic carbocycles. The van der Waals surface area contributed by atoms with Crippen LogP contribution >= 0.6 is 0 Å². The molecule has 1 N–H and O–H groups in total. The molecule has 0 radical (unpaired) electrons. The summed E-state index contributed by atoms with van der Waals surface area (Å²) >= 11 is -0.479. The van der Waals surface area contributed by atoms with Crippen LogP contribution in [0.3, 0.4) is 0 Å². The maximum atomic E-state index is 9.98. The van der Waals surface area contributed by atoms with E-state index >= 15 is 0 Å². The van der Waals surface area contributed by atoms with Crippen molar-refractivity contribution in [3.63, 3.8) is 0 Å². The van der Waals surface area contributed by atoms with Gasteiger partial charge in [0.2, 0.25) is 0 Å². The second-order valence-corrected chi connectivity index (χ2v) is 5.90. The first-order valence-corrected chi connectivity index (χ1v) is 5.98. The molecule has 0 amide bonds. The zero-order valence-corrected chi connectivity index (χ0v) is 7.64. The summed E-state index contributed by atoms with van der Waals surface area (Å²) in [5.41, 5.74) is 0. The molecule has 0 unspecified atom stereocenters. The predicted molar refractivity (Wildman–Crippen MR) is 32.2 cm³/mol. The van der Waals surface area contributed by atoms with Crippen molar-refractivity contribution in [3.8, 4) is 0 Å². The topological polar surface area (TPSA) is 37.3 Å². The molecule has 1 aliphatic rings. The summed E-state index contributed by atoms with van der Waals surface area (Å²) in [5, 5.41) is 8.22. The minimum absolute atomic E-state index is 0.299. The van der Waals surface area contributed by atoms with Gasteiger partial charge in [0.05, 0.1) is 0 Å². The van der Waals surface area contributed by atoms with E-state index in [-0.39, 0.29) is 0 Å². The summed E-state index contributed by atoms with van der Waals surface area (Å²) < 4.78 is 3.34. The Morgan fingerprint density at radius 1 is 1.88 bits per heavy atom. The molecule has 2 nitrogen and oxygen atoms in total. The molecule has 42 valence electrons. The second-order valence-electron chi connectivity index (χ2n) is 1.51. The third-order valence-electron chi connectivity index (χ3n) is 0.840. The SMILES string of the molecule is O=C(O)C[C]1=[Bi][CH]=C1. The van der Waals surface area contributed by atoms with Gasteiger partial charge < -0.3 is 0 Å². The number of rotatable bonds is 2. The molecular weight excluding hydrogens is 301 g/mol. The Hall–Kier alpha value is -0.0369. The number of carbonyl (C=O) groups is 1. The number of hydrogen-bond donors (Lipinski definition) is 1. The van der Waals surface area contributed by atoms with Crippen LogP contribution in [0.5, 0.6) is 0 Å². The first kappa shape index (κ1) is 6.09. The quantitative estimate of drug-likeness (QED) is 0.722. The minimum atomic E-state index is -0.687. The molecule has 0 aromatic rings. The van der Waals surface area contributed by atoms with Crippen LogP contribution in [0.4, 0.5) is 0 Å². The van der Waals surface area contributed by atoms with Gasteiger partial charge in [-0.3, -0.25) is 0 Å². The van der Waals surface area contributed by atoms with E-state index in [1.807, 2.05) is 6.08 Å². The fourth-order valence-corrected chi connectivity index (χ4v) is 2.72. The van der Waals surface area contributed by atoms with Crippen LogP contribution in [-0.2, 0) is 4.79 Å². The fourth-order valence-electron chi connectivity index (χ4n) is 0.439. The van der Waals surface area contributed by atoms with Crippen LogP contribution in [0.2, 0.25) is 0 Å². The van der Waals surface area contributed by atoms with E-state index in [0.29, 0.717) is 6.42 Å². The fraction of sp³-hybridized carbons (Fsp3) is 0.200. The van der Waals surface area contributed by atoms with Crippen LogP contribution in [-0.4, -0.2) is 37.0 Å². The van der Waals surface area contributed by atoms with Crippen LogP contribution in [0.25, 0.3) is 0 Å². The number of carboxylic acid groups (broad SMARTS) is 1. The monoisotopic (exact) mass is 306 g/mol. The third kappa shape index (κ3) is 1.48. The van der Waals surface area contributed by atoms with Gasteiger partial charge in [-0.25, -0.2) is 0 Å². The van der Waals surface area contributed by atoms with Crippen molar-refractivity contribution < 1.29 is 9.90 Å². The van der Waals surface area contributed by atoms with Crippen molar-refractivity contribution >= 4 is 31.9 Å². The van der Waals surface area contributed by atoms with Crippen molar-refractivity contribution in [1.29, 1.82) is 0 Å². The Labute approximate surface area is 58.3 Å². The van der Waals surface area contributed by atoms with E-state index < -0.39 is 28.7 Å². The Morgan fingerprint density at radius 3 is 2.62 bits per heavy atom. The molecule has 0 atom stereocenters. The number of aliphatic carboxylic acids is 1. The molecule has 1 aliphatic heterocycles. The average molecular weight is 306 g/mol. The average Bonchev–Trinajstić information content (AvgIpc) is 1.55. The van der Waals surface area contributed by atoms with Gasteiger partial charge in [-0.05, 0) is 0 Å². The standard InChI is InChI=1S/C5H5O2.Bi/c1-2-3-4-5(6)7;/h1-2H,4H2,(H,6,7);. The molecular formula is C5H5BiO2. The Morgan fingerprint density at radius 2 is 2.50 bits per heavy atom. The predicted octanol–water partition coefficient (Wildman–Crippen LogP) is -0.135. The molecule has 1 rings (SSSR count). The van der Waals surface area contributed by atoms with Crippen molar-refractivity contribution in [2.45, 2.75) is 6.42 Å². The van der Waals surface area contributed by atoms with Gasteiger partial charge in [0.15, 0.2) is 0 Å². The van der Waals surface area contributed by atoms with Gasteiger partial charge in [-0.1, -0.05) is 0 Å². The van der Waals surface area contributed by atoms with E-state index in [4.69, 9.17) is 5.11 Å². The zero-order valence-electron chi connectivity index (χ0n) is 4.16. The summed E-state index contributed by atoms with van der Waals surface area (Å²) in [4.78, 5) is 9.98. The first-order chi connectivity index (χ1) is 3.79. The number of hydrogen-bond acceptors (Lipinski definition) is 1. The van der Waals surface area contributed by atoms with Gasteiger partial charge in [0, 0.05) is 0 Å². The number of allylic oxidation sites excluding steroid dienone is 1. The van der Waals surface area contributed by atoms with Gasteiger partial charge in [-0.15, -0.1) is 0 Å². The zero-order chi connectivity index (χ0) is 5.98. The molecule has 1 heterocycles. The van der Waals surface area contributed by atoms with E-state index in [2.05, 4.69) is 3.78 Å². The van der Waals surface area contributed by atoms with Gasteiger partial charge in [-0.2, -0.15) is 0 Å². The molecule has 0 aliphatic carbocycles. The number of carboxylic acids is 1. The van der Waals surface area contributed by atoms with Gasteiger partial charge >= 0.3 is 58.1 Å². The molecule has 8 heavy (non-hydrogen) atoms. The van der Waals surface area contributed by atoms with Crippen molar-refractivity contribution in [1.82, 2.24) is 0 Å².